The molecular weight excluding hydrogens is 537 g/mol. The van der Waals surface area contributed by atoms with Gasteiger partial charge in [0.1, 0.15) is 5.75 Å². The number of nitrogens with one attached hydrogen (secondary N) is 1. The van der Waals surface area contributed by atoms with Gasteiger partial charge in [0.05, 0.1) is 3.57 Å². The van der Waals surface area contributed by atoms with E-state index in [9.17, 15) is 5.11 Å². The Kier molecular flexibility index (Phi) is 11.2. The lowest BCUT2D eigenvalue weighted by atomic mass is 9.99. The summed E-state index contributed by atoms with van der Waals surface area (Å²) < 4.78 is 2.15. The van der Waals surface area contributed by atoms with Gasteiger partial charge in [0.25, 0.3) is 0 Å². The first-order chi connectivity index (χ1) is 9.13. The molecule has 0 aliphatic carbocycles. The maximum atomic E-state index is 10.4. The number of halogens is 4. The number of nitrogens with zero attached hydrogens (tertiary/aromatic N) is 1. The Balaban J connectivity index is 0.00000200. The van der Waals surface area contributed by atoms with Crippen LogP contribution in [-0.2, 0) is 0 Å². The highest BCUT2D eigenvalue weighted by atomic mass is 127. The van der Waals surface area contributed by atoms with E-state index in [1.54, 1.807) is 0 Å². The topological polar surface area (TPSA) is 35.5 Å². The summed E-state index contributed by atoms with van der Waals surface area (Å²) in [6.45, 7) is 6.42. The van der Waals surface area contributed by atoms with Gasteiger partial charge < -0.3 is 10.4 Å². The van der Waals surface area contributed by atoms with Gasteiger partial charge in [-0.1, -0.05) is 13.3 Å². The number of benzene rings is 1. The van der Waals surface area contributed by atoms with Crippen LogP contribution in [0.4, 0.5) is 0 Å². The highest BCUT2D eigenvalue weighted by Gasteiger charge is 2.24. The predicted octanol–water partition coefficient (Wildman–Crippen LogP) is 4.19. The molecule has 1 aromatic carbocycles. The lowest BCUT2D eigenvalue weighted by Gasteiger charge is -2.35. The van der Waals surface area contributed by atoms with Crippen LogP contribution >= 0.6 is 70.0 Å². The van der Waals surface area contributed by atoms with Crippen molar-refractivity contribution in [1.82, 2.24) is 10.2 Å². The number of hydrogen-bond donors (Lipinski definition) is 2. The van der Waals surface area contributed by atoms with Gasteiger partial charge in [-0.25, -0.2) is 0 Å². The fourth-order valence-electron chi connectivity index (χ4n) is 2.64. The fourth-order valence-corrected chi connectivity index (χ4v) is 4.53. The predicted molar refractivity (Wildman–Crippen MR) is 110 cm³/mol. The second-order valence-corrected chi connectivity index (χ2v) is 7.32. The van der Waals surface area contributed by atoms with Gasteiger partial charge in [-0.05, 0) is 63.7 Å². The van der Waals surface area contributed by atoms with E-state index in [-0.39, 0.29) is 24.8 Å². The number of aromatic hydroxyl groups is 1. The van der Waals surface area contributed by atoms with E-state index in [0.717, 1.165) is 48.2 Å². The van der Waals surface area contributed by atoms with Gasteiger partial charge >= 0.3 is 0 Å². The molecule has 0 aromatic heterocycles. The molecule has 2 rings (SSSR count). The lowest BCUT2D eigenvalue weighted by molar-refractivity contribution is 0.162. The Labute approximate surface area is 166 Å². The third-order valence-corrected chi connectivity index (χ3v) is 5.02. The molecule has 1 saturated heterocycles. The molecule has 0 saturated carbocycles. The largest absolute Gasteiger partial charge is 0.506 e. The van der Waals surface area contributed by atoms with Crippen LogP contribution in [0.25, 0.3) is 0 Å². The Morgan fingerprint density at radius 3 is 2.43 bits per heavy atom. The van der Waals surface area contributed by atoms with Crippen LogP contribution < -0.4 is 5.32 Å². The summed E-state index contributed by atoms with van der Waals surface area (Å²) in [5.74, 6) is 0.470. The molecular formula is C14H22Cl2I2N2O. The van der Waals surface area contributed by atoms with Crippen molar-refractivity contribution < 1.29 is 5.11 Å². The van der Waals surface area contributed by atoms with Crippen LogP contribution in [0.5, 0.6) is 5.75 Å². The van der Waals surface area contributed by atoms with E-state index in [2.05, 4.69) is 68.4 Å². The second kappa shape index (κ2) is 10.7. The van der Waals surface area contributed by atoms with Crippen molar-refractivity contribution >= 4 is 70.0 Å². The quantitative estimate of drug-likeness (QED) is 0.544. The number of hydrogen-bond acceptors (Lipinski definition) is 3. The second-order valence-electron chi connectivity index (χ2n) is 4.92. The van der Waals surface area contributed by atoms with Crippen LogP contribution in [0.1, 0.15) is 31.4 Å². The molecule has 1 atom stereocenters. The average Bonchev–Trinajstić information content (AvgIpc) is 2.41. The van der Waals surface area contributed by atoms with Crippen molar-refractivity contribution in [3.63, 3.8) is 0 Å². The van der Waals surface area contributed by atoms with Gasteiger partial charge in [-0.3, -0.25) is 4.90 Å². The van der Waals surface area contributed by atoms with Crippen LogP contribution in [-0.4, -0.2) is 36.2 Å². The summed E-state index contributed by atoms with van der Waals surface area (Å²) in [5, 5.41) is 13.8. The minimum Gasteiger partial charge on any atom is -0.506 e. The fraction of sp³-hybridized carbons (Fsp3) is 0.571. The molecule has 0 bridgehead atoms. The molecule has 0 radical (unpaired) electrons. The molecule has 1 aliphatic rings. The average molecular weight is 559 g/mol. The summed E-state index contributed by atoms with van der Waals surface area (Å²) in [6.07, 6.45) is 2.24. The molecule has 122 valence electrons. The highest BCUT2D eigenvalue weighted by Crippen LogP contribution is 2.36. The summed E-state index contributed by atoms with van der Waals surface area (Å²) in [5.41, 5.74) is 1.10. The molecule has 1 aliphatic heterocycles. The molecule has 1 aromatic rings. The molecule has 0 unspecified atom stereocenters. The van der Waals surface area contributed by atoms with Crippen LogP contribution in [0.15, 0.2) is 12.1 Å². The Hall–Kier alpha value is 0.980. The van der Waals surface area contributed by atoms with Crippen LogP contribution in [0, 0.1) is 7.14 Å². The Morgan fingerprint density at radius 1 is 1.24 bits per heavy atom. The van der Waals surface area contributed by atoms with Crippen molar-refractivity contribution in [2.24, 2.45) is 0 Å². The minimum absolute atomic E-state index is 0. The van der Waals surface area contributed by atoms with E-state index in [4.69, 9.17) is 0 Å². The summed E-state index contributed by atoms with van der Waals surface area (Å²) in [7, 11) is 0. The number of rotatable bonds is 4. The first kappa shape index (κ1) is 22.0. The van der Waals surface area contributed by atoms with E-state index in [1.807, 2.05) is 6.07 Å². The van der Waals surface area contributed by atoms with Crippen molar-refractivity contribution in [1.29, 1.82) is 0 Å². The Bertz CT molecular complexity index is 443. The van der Waals surface area contributed by atoms with Gasteiger partial charge in [-0.2, -0.15) is 0 Å². The summed E-state index contributed by atoms with van der Waals surface area (Å²) in [6, 6.07) is 4.51. The first-order valence-electron chi connectivity index (χ1n) is 6.76. The number of phenols is 1. The van der Waals surface area contributed by atoms with Gasteiger partial charge in [0.2, 0.25) is 0 Å². The maximum absolute atomic E-state index is 10.4. The van der Waals surface area contributed by atoms with E-state index >= 15 is 0 Å². The van der Waals surface area contributed by atoms with Gasteiger partial charge in [0, 0.05) is 41.4 Å². The van der Waals surface area contributed by atoms with E-state index in [0.29, 0.717) is 11.8 Å². The van der Waals surface area contributed by atoms with E-state index in [1.165, 1.54) is 3.57 Å². The van der Waals surface area contributed by atoms with E-state index < -0.39 is 0 Å². The van der Waals surface area contributed by atoms with Crippen molar-refractivity contribution in [3.05, 3.63) is 24.8 Å². The lowest BCUT2D eigenvalue weighted by Crippen LogP contribution is -2.45. The highest BCUT2D eigenvalue weighted by molar-refractivity contribution is 14.1. The van der Waals surface area contributed by atoms with Crippen LogP contribution in [0.2, 0.25) is 0 Å². The molecule has 1 heterocycles. The van der Waals surface area contributed by atoms with Gasteiger partial charge in [-0.15, -0.1) is 24.8 Å². The Morgan fingerprint density at radius 2 is 1.86 bits per heavy atom. The summed E-state index contributed by atoms with van der Waals surface area (Å²) in [4.78, 5) is 2.50. The third kappa shape index (κ3) is 5.84. The molecule has 7 heteroatoms. The van der Waals surface area contributed by atoms with Crippen LogP contribution in [0.3, 0.4) is 0 Å². The first-order valence-corrected chi connectivity index (χ1v) is 8.92. The van der Waals surface area contributed by atoms with Gasteiger partial charge in [0.15, 0.2) is 0 Å². The molecule has 1 fully saturated rings. The smallest absolute Gasteiger partial charge is 0.133 e. The zero-order valence-corrected chi connectivity index (χ0v) is 17.9. The SMILES string of the molecule is CCC[C@@H](c1cc(I)cc(I)c1O)N1CCNCC1.Cl.Cl. The zero-order valence-electron chi connectivity index (χ0n) is 11.9. The van der Waals surface area contributed by atoms with Crippen molar-refractivity contribution in [2.75, 3.05) is 26.2 Å². The molecule has 2 N–H and O–H groups in total. The molecule has 3 nitrogen and oxygen atoms in total. The molecule has 0 amide bonds. The minimum atomic E-state index is 0. The normalized spacial score (nSPS) is 16.7. The van der Waals surface area contributed by atoms with Crippen molar-refractivity contribution in [2.45, 2.75) is 25.8 Å². The monoisotopic (exact) mass is 558 g/mol. The molecule has 0 spiro atoms. The standard InChI is InChI=1S/C14H20I2N2O.2ClH/c1-2-3-13(18-6-4-17-5-7-18)11-8-10(15)9-12(16)14(11)19;;/h8-9,13,17,19H,2-7H2,1H3;2*1H/t13-;;/m0../s1. The number of piperazine rings is 1. The zero-order chi connectivity index (χ0) is 13.8. The maximum Gasteiger partial charge on any atom is 0.133 e. The molecule has 21 heavy (non-hydrogen) atoms. The van der Waals surface area contributed by atoms with Crippen molar-refractivity contribution in [3.8, 4) is 5.75 Å². The summed E-state index contributed by atoms with van der Waals surface area (Å²) >= 11 is 4.56. The number of phenolic OH excluding ortho intramolecular Hbond substituents is 1. The third-order valence-electron chi connectivity index (χ3n) is 3.57.